The monoisotopic (exact) mass is 245 g/mol. The van der Waals surface area contributed by atoms with Crippen LogP contribution in [0.15, 0.2) is 30.3 Å². The summed E-state index contributed by atoms with van der Waals surface area (Å²) in [5.74, 6) is 0.741. The summed E-state index contributed by atoms with van der Waals surface area (Å²) in [6, 6.07) is 10.4. The molecule has 1 aromatic carbocycles. The van der Waals surface area contributed by atoms with E-state index in [2.05, 4.69) is 31.2 Å². The van der Waals surface area contributed by atoms with Gasteiger partial charge in [0.2, 0.25) is 5.91 Å². The summed E-state index contributed by atoms with van der Waals surface area (Å²) in [5.41, 5.74) is 1.31. The van der Waals surface area contributed by atoms with E-state index in [9.17, 15) is 4.79 Å². The van der Waals surface area contributed by atoms with Crippen molar-refractivity contribution in [3.8, 4) is 0 Å². The third-order valence-electron chi connectivity index (χ3n) is 3.77. The van der Waals surface area contributed by atoms with Crippen molar-refractivity contribution in [3.63, 3.8) is 0 Å². The van der Waals surface area contributed by atoms with E-state index in [1.807, 2.05) is 11.0 Å². The van der Waals surface area contributed by atoms with E-state index in [0.717, 1.165) is 19.5 Å². The van der Waals surface area contributed by atoms with Gasteiger partial charge >= 0.3 is 0 Å². The van der Waals surface area contributed by atoms with Crippen LogP contribution < -0.4 is 0 Å². The van der Waals surface area contributed by atoms with E-state index < -0.39 is 0 Å². The maximum Gasteiger partial charge on any atom is 0.223 e. The lowest BCUT2D eigenvalue weighted by Crippen LogP contribution is -2.26. The van der Waals surface area contributed by atoms with E-state index in [1.165, 1.54) is 24.8 Å². The molecule has 0 aromatic heterocycles. The molecule has 18 heavy (non-hydrogen) atoms. The highest BCUT2D eigenvalue weighted by Gasteiger charge is 2.29. The summed E-state index contributed by atoms with van der Waals surface area (Å²) in [4.78, 5) is 14.0. The Labute approximate surface area is 110 Å². The number of hydrogen-bond acceptors (Lipinski definition) is 1. The van der Waals surface area contributed by atoms with Gasteiger partial charge in [0.25, 0.3) is 0 Å². The number of benzene rings is 1. The van der Waals surface area contributed by atoms with Crippen LogP contribution in [0.2, 0.25) is 0 Å². The SMILES string of the molecule is CCCCCCN1CC(c2ccccc2)CC1=O. The molecule has 0 aliphatic carbocycles. The highest BCUT2D eigenvalue weighted by Crippen LogP contribution is 2.28. The lowest BCUT2D eigenvalue weighted by Gasteiger charge is -2.16. The number of carbonyl (C=O) groups excluding carboxylic acids is 1. The summed E-state index contributed by atoms with van der Waals surface area (Å²) >= 11 is 0. The van der Waals surface area contributed by atoms with Crippen LogP contribution in [0, 0.1) is 0 Å². The highest BCUT2D eigenvalue weighted by atomic mass is 16.2. The third kappa shape index (κ3) is 3.34. The molecule has 1 fully saturated rings. The second-order valence-corrected chi connectivity index (χ2v) is 5.21. The van der Waals surface area contributed by atoms with Gasteiger partial charge in [0.1, 0.15) is 0 Å². The van der Waals surface area contributed by atoms with Gasteiger partial charge in [0, 0.05) is 25.4 Å². The largest absolute Gasteiger partial charge is 0.342 e. The van der Waals surface area contributed by atoms with Gasteiger partial charge in [-0.1, -0.05) is 56.5 Å². The fraction of sp³-hybridized carbons (Fsp3) is 0.562. The molecule has 0 spiro atoms. The summed E-state index contributed by atoms with van der Waals surface area (Å²) in [6.45, 7) is 4.07. The van der Waals surface area contributed by atoms with Crippen molar-refractivity contribution < 1.29 is 4.79 Å². The highest BCUT2D eigenvalue weighted by molar-refractivity contribution is 5.79. The van der Waals surface area contributed by atoms with Gasteiger partial charge in [0.15, 0.2) is 0 Å². The van der Waals surface area contributed by atoms with Crippen LogP contribution in [0.25, 0.3) is 0 Å². The third-order valence-corrected chi connectivity index (χ3v) is 3.77. The molecule has 0 radical (unpaired) electrons. The molecule has 0 saturated carbocycles. The van der Waals surface area contributed by atoms with E-state index >= 15 is 0 Å². The Balaban J connectivity index is 1.83. The first-order valence-electron chi connectivity index (χ1n) is 7.14. The second kappa shape index (κ2) is 6.58. The molecule has 0 N–H and O–H groups in total. The lowest BCUT2D eigenvalue weighted by atomic mass is 9.99. The molecule has 1 amide bonds. The molecule has 98 valence electrons. The minimum Gasteiger partial charge on any atom is -0.342 e. The minimum absolute atomic E-state index is 0.334. The molecular formula is C16H23NO. The smallest absolute Gasteiger partial charge is 0.223 e. The second-order valence-electron chi connectivity index (χ2n) is 5.21. The van der Waals surface area contributed by atoms with Crippen molar-refractivity contribution in [2.75, 3.05) is 13.1 Å². The van der Waals surface area contributed by atoms with Gasteiger partial charge in [-0.2, -0.15) is 0 Å². The van der Waals surface area contributed by atoms with Crippen LogP contribution in [0.4, 0.5) is 0 Å². The van der Waals surface area contributed by atoms with Crippen LogP contribution in [-0.2, 0) is 4.79 Å². The Bertz CT molecular complexity index is 374. The first-order valence-corrected chi connectivity index (χ1v) is 7.14. The molecule has 2 heteroatoms. The number of amides is 1. The lowest BCUT2D eigenvalue weighted by molar-refractivity contribution is -0.127. The molecule has 1 saturated heterocycles. The predicted octanol–water partition coefficient (Wildman–Crippen LogP) is 3.58. The molecule has 2 rings (SSSR count). The van der Waals surface area contributed by atoms with Crippen LogP contribution in [0.1, 0.15) is 50.5 Å². The summed E-state index contributed by atoms with van der Waals surface area (Å²) in [5, 5.41) is 0. The zero-order valence-electron chi connectivity index (χ0n) is 11.3. The Morgan fingerprint density at radius 2 is 1.94 bits per heavy atom. The fourth-order valence-electron chi connectivity index (χ4n) is 2.67. The van der Waals surface area contributed by atoms with Crippen molar-refractivity contribution in [2.45, 2.75) is 44.9 Å². The number of nitrogens with zero attached hydrogens (tertiary/aromatic N) is 1. The molecular weight excluding hydrogens is 222 g/mol. The standard InChI is InChI=1S/C16H23NO/c1-2-3-4-8-11-17-13-15(12-16(17)18)14-9-6-5-7-10-14/h5-7,9-10,15H,2-4,8,11-13H2,1H3. The zero-order chi connectivity index (χ0) is 12.8. The Morgan fingerprint density at radius 1 is 1.17 bits per heavy atom. The van der Waals surface area contributed by atoms with Crippen molar-refractivity contribution in [1.29, 1.82) is 0 Å². The van der Waals surface area contributed by atoms with Crippen LogP contribution in [0.3, 0.4) is 0 Å². The molecule has 2 nitrogen and oxygen atoms in total. The molecule has 1 aliphatic rings. The van der Waals surface area contributed by atoms with Crippen LogP contribution in [-0.4, -0.2) is 23.9 Å². The van der Waals surface area contributed by atoms with Crippen molar-refractivity contribution >= 4 is 5.91 Å². The maximum absolute atomic E-state index is 11.9. The van der Waals surface area contributed by atoms with Crippen LogP contribution >= 0.6 is 0 Å². The zero-order valence-corrected chi connectivity index (χ0v) is 11.3. The Hall–Kier alpha value is -1.31. The fourth-order valence-corrected chi connectivity index (χ4v) is 2.67. The minimum atomic E-state index is 0.334. The molecule has 1 aliphatic heterocycles. The average Bonchev–Trinajstić information content (AvgIpc) is 2.77. The van der Waals surface area contributed by atoms with E-state index in [4.69, 9.17) is 0 Å². The molecule has 1 unspecified atom stereocenters. The topological polar surface area (TPSA) is 20.3 Å². The van der Waals surface area contributed by atoms with Crippen molar-refractivity contribution in [3.05, 3.63) is 35.9 Å². The van der Waals surface area contributed by atoms with Gasteiger partial charge in [0.05, 0.1) is 0 Å². The normalized spacial score (nSPS) is 19.5. The molecule has 1 atom stereocenters. The van der Waals surface area contributed by atoms with Crippen molar-refractivity contribution in [1.82, 2.24) is 4.90 Å². The predicted molar refractivity (Wildman–Crippen MR) is 74.5 cm³/mol. The van der Waals surface area contributed by atoms with Gasteiger partial charge < -0.3 is 4.90 Å². The van der Waals surface area contributed by atoms with Crippen LogP contribution in [0.5, 0.6) is 0 Å². The van der Waals surface area contributed by atoms with E-state index in [1.54, 1.807) is 0 Å². The number of rotatable bonds is 6. The van der Waals surface area contributed by atoms with Gasteiger partial charge in [-0.05, 0) is 12.0 Å². The summed E-state index contributed by atoms with van der Waals surface area (Å²) in [7, 11) is 0. The van der Waals surface area contributed by atoms with E-state index in [0.29, 0.717) is 18.2 Å². The Morgan fingerprint density at radius 3 is 2.67 bits per heavy atom. The van der Waals surface area contributed by atoms with Gasteiger partial charge in [-0.3, -0.25) is 4.79 Å². The number of hydrogen-bond donors (Lipinski definition) is 0. The first-order chi connectivity index (χ1) is 8.81. The first kappa shape index (κ1) is 13.1. The number of carbonyl (C=O) groups is 1. The maximum atomic E-state index is 11.9. The number of unbranched alkanes of at least 4 members (excludes halogenated alkanes) is 3. The molecule has 0 bridgehead atoms. The average molecular weight is 245 g/mol. The molecule has 1 aromatic rings. The summed E-state index contributed by atoms with van der Waals surface area (Å²) in [6.07, 6.45) is 5.62. The van der Waals surface area contributed by atoms with E-state index in [-0.39, 0.29) is 0 Å². The van der Waals surface area contributed by atoms with Gasteiger partial charge in [-0.15, -0.1) is 0 Å². The quantitative estimate of drug-likeness (QED) is 0.701. The Kier molecular flexibility index (Phi) is 4.80. The van der Waals surface area contributed by atoms with Crippen molar-refractivity contribution in [2.24, 2.45) is 0 Å². The molecule has 1 heterocycles. The number of likely N-dealkylation sites (tertiary alicyclic amines) is 1. The summed E-state index contributed by atoms with van der Waals surface area (Å²) < 4.78 is 0. The van der Waals surface area contributed by atoms with Gasteiger partial charge in [-0.25, -0.2) is 0 Å².